The zero-order valence-electron chi connectivity index (χ0n) is 9.31. The lowest BCUT2D eigenvalue weighted by molar-refractivity contribution is -0.119. The first-order valence-electron chi connectivity index (χ1n) is 5.54. The zero-order valence-corrected chi connectivity index (χ0v) is 9.31. The highest BCUT2D eigenvalue weighted by molar-refractivity contribution is 6.01. The Kier molecular flexibility index (Phi) is 3.87. The van der Waals surface area contributed by atoms with Crippen LogP contribution in [0.15, 0.2) is 11.6 Å². The van der Waals surface area contributed by atoms with Gasteiger partial charge >= 0.3 is 0 Å². The lowest BCUT2D eigenvalue weighted by atomic mass is 9.89. The fourth-order valence-corrected chi connectivity index (χ4v) is 1.81. The molecule has 14 heavy (non-hydrogen) atoms. The quantitative estimate of drug-likeness (QED) is 0.736. The number of Topliss-reactive ketones (excluding diaryl/α,β-unsaturated/α-hetero) is 1. The Morgan fingerprint density at radius 1 is 1.29 bits per heavy atom. The molecule has 0 unspecified atom stereocenters. The molecular weight excluding hydrogens is 174 g/mol. The topological polar surface area (TPSA) is 43.1 Å². The molecule has 1 aliphatic rings. The Bertz CT molecular complexity index is 235. The van der Waals surface area contributed by atoms with Crippen molar-refractivity contribution >= 4 is 5.78 Å². The molecule has 80 valence electrons. The second kappa shape index (κ2) is 4.74. The zero-order chi connectivity index (χ0) is 10.6. The van der Waals surface area contributed by atoms with Crippen molar-refractivity contribution in [2.45, 2.75) is 57.9 Å². The standard InChI is InChI=1S/C12H21NO/c1-12(2,13)11(14)10-8-6-4-3-5-7-9-10/h8H,3-7,9,13H2,1-2H3. The second-order valence-corrected chi connectivity index (χ2v) is 4.73. The van der Waals surface area contributed by atoms with E-state index < -0.39 is 5.54 Å². The monoisotopic (exact) mass is 195 g/mol. The molecule has 0 spiro atoms. The summed E-state index contributed by atoms with van der Waals surface area (Å²) in [7, 11) is 0. The van der Waals surface area contributed by atoms with E-state index in [0.717, 1.165) is 24.8 Å². The van der Waals surface area contributed by atoms with Gasteiger partial charge in [-0.25, -0.2) is 0 Å². The number of carbonyl (C=O) groups excluding carboxylic acids is 1. The van der Waals surface area contributed by atoms with Gasteiger partial charge < -0.3 is 5.73 Å². The van der Waals surface area contributed by atoms with Gasteiger partial charge in [-0.05, 0) is 45.1 Å². The molecule has 0 amide bonds. The molecule has 1 rings (SSSR count). The molecule has 1 aliphatic carbocycles. The molecule has 0 aliphatic heterocycles. The molecule has 0 heterocycles. The number of allylic oxidation sites excluding steroid dienone is 1. The highest BCUT2D eigenvalue weighted by Gasteiger charge is 2.25. The fourth-order valence-electron chi connectivity index (χ4n) is 1.81. The average molecular weight is 195 g/mol. The molecule has 0 saturated heterocycles. The maximum Gasteiger partial charge on any atom is 0.177 e. The minimum Gasteiger partial charge on any atom is -0.319 e. The molecule has 0 radical (unpaired) electrons. The lowest BCUT2D eigenvalue weighted by Gasteiger charge is -2.20. The summed E-state index contributed by atoms with van der Waals surface area (Å²) in [5, 5.41) is 0. The Hall–Kier alpha value is -0.630. The van der Waals surface area contributed by atoms with Crippen molar-refractivity contribution in [3.63, 3.8) is 0 Å². The summed E-state index contributed by atoms with van der Waals surface area (Å²) >= 11 is 0. The largest absolute Gasteiger partial charge is 0.319 e. The predicted octanol–water partition coefficient (Wildman–Crippen LogP) is 2.57. The number of hydrogen-bond acceptors (Lipinski definition) is 2. The third-order valence-corrected chi connectivity index (χ3v) is 2.67. The van der Waals surface area contributed by atoms with Crippen molar-refractivity contribution in [1.29, 1.82) is 0 Å². The average Bonchev–Trinajstić information content (AvgIpc) is 2.00. The van der Waals surface area contributed by atoms with Gasteiger partial charge in [0.1, 0.15) is 0 Å². The first-order valence-corrected chi connectivity index (χ1v) is 5.54. The Morgan fingerprint density at radius 3 is 2.57 bits per heavy atom. The molecule has 0 fully saturated rings. The van der Waals surface area contributed by atoms with Crippen LogP contribution in [-0.2, 0) is 4.79 Å². The van der Waals surface area contributed by atoms with Gasteiger partial charge in [0.2, 0.25) is 0 Å². The van der Waals surface area contributed by atoms with E-state index in [9.17, 15) is 4.79 Å². The van der Waals surface area contributed by atoms with Crippen molar-refractivity contribution in [1.82, 2.24) is 0 Å². The number of carbonyl (C=O) groups is 1. The van der Waals surface area contributed by atoms with Gasteiger partial charge in [-0.2, -0.15) is 0 Å². The van der Waals surface area contributed by atoms with E-state index in [2.05, 4.69) is 6.08 Å². The van der Waals surface area contributed by atoms with E-state index in [0.29, 0.717) is 0 Å². The van der Waals surface area contributed by atoms with Gasteiger partial charge in [0, 0.05) is 0 Å². The summed E-state index contributed by atoms with van der Waals surface area (Å²) in [6.45, 7) is 3.57. The fraction of sp³-hybridized carbons (Fsp3) is 0.750. The van der Waals surface area contributed by atoms with Crippen LogP contribution in [0.2, 0.25) is 0 Å². The minimum atomic E-state index is -0.703. The minimum absolute atomic E-state index is 0.124. The summed E-state index contributed by atoms with van der Waals surface area (Å²) < 4.78 is 0. The molecule has 0 aromatic carbocycles. The molecule has 0 saturated carbocycles. The van der Waals surface area contributed by atoms with Crippen LogP contribution < -0.4 is 5.73 Å². The third-order valence-electron chi connectivity index (χ3n) is 2.67. The molecule has 2 heteroatoms. The van der Waals surface area contributed by atoms with Crippen molar-refractivity contribution in [2.24, 2.45) is 5.73 Å². The van der Waals surface area contributed by atoms with E-state index in [1.807, 2.05) is 0 Å². The highest BCUT2D eigenvalue weighted by atomic mass is 16.1. The number of nitrogens with two attached hydrogens (primary N) is 1. The van der Waals surface area contributed by atoms with Crippen LogP contribution in [0.3, 0.4) is 0 Å². The highest BCUT2D eigenvalue weighted by Crippen LogP contribution is 2.20. The van der Waals surface area contributed by atoms with Gasteiger partial charge in [-0.15, -0.1) is 0 Å². The van der Waals surface area contributed by atoms with E-state index in [1.165, 1.54) is 19.3 Å². The van der Waals surface area contributed by atoms with Crippen LogP contribution in [0.25, 0.3) is 0 Å². The third kappa shape index (κ3) is 3.26. The number of rotatable bonds is 2. The maximum absolute atomic E-state index is 11.9. The van der Waals surface area contributed by atoms with Crippen molar-refractivity contribution in [2.75, 3.05) is 0 Å². The smallest absolute Gasteiger partial charge is 0.177 e. The second-order valence-electron chi connectivity index (χ2n) is 4.73. The molecular formula is C12H21NO. The van der Waals surface area contributed by atoms with Crippen LogP contribution >= 0.6 is 0 Å². The van der Waals surface area contributed by atoms with Gasteiger partial charge in [0.25, 0.3) is 0 Å². The van der Waals surface area contributed by atoms with Gasteiger partial charge in [-0.1, -0.05) is 18.9 Å². The van der Waals surface area contributed by atoms with Crippen LogP contribution in [0.5, 0.6) is 0 Å². The van der Waals surface area contributed by atoms with Crippen molar-refractivity contribution in [3.05, 3.63) is 11.6 Å². The molecule has 2 nitrogen and oxygen atoms in total. The summed E-state index contributed by atoms with van der Waals surface area (Å²) in [5.41, 5.74) is 6.06. The molecule has 0 aromatic heterocycles. The van der Waals surface area contributed by atoms with E-state index in [-0.39, 0.29) is 5.78 Å². The van der Waals surface area contributed by atoms with Crippen LogP contribution in [-0.4, -0.2) is 11.3 Å². The van der Waals surface area contributed by atoms with E-state index >= 15 is 0 Å². The van der Waals surface area contributed by atoms with Crippen LogP contribution in [0.1, 0.15) is 52.4 Å². The van der Waals surface area contributed by atoms with E-state index in [1.54, 1.807) is 13.8 Å². The maximum atomic E-state index is 11.9. The Labute approximate surface area is 86.6 Å². The van der Waals surface area contributed by atoms with Gasteiger partial charge in [-0.3, -0.25) is 4.79 Å². The van der Waals surface area contributed by atoms with Gasteiger partial charge in [0.05, 0.1) is 5.54 Å². The molecule has 0 atom stereocenters. The normalized spacial score (nSPS) is 19.5. The summed E-state index contributed by atoms with van der Waals surface area (Å²) in [4.78, 5) is 11.9. The van der Waals surface area contributed by atoms with Crippen LogP contribution in [0, 0.1) is 0 Å². The SMILES string of the molecule is CC(C)(N)C(=O)C1=CCCCCCC1. The first-order chi connectivity index (χ1) is 6.52. The van der Waals surface area contributed by atoms with E-state index in [4.69, 9.17) is 5.73 Å². The summed E-state index contributed by atoms with van der Waals surface area (Å²) in [6, 6.07) is 0. The Morgan fingerprint density at radius 2 is 1.93 bits per heavy atom. The van der Waals surface area contributed by atoms with Crippen molar-refractivity contribution < 1.29 is 4.79 Å². The predicted molar refractivity (Wildman–Crippen MR) is 59.1 cm³/mol. The lowest BCUT2D eigenvalue weighted by Crippen LogP contribution is -2.42. The number of hydrogen-bond donors (Lipinski definition) is 1. The summed E-state index contributed by atoms with van der Waals surface area (Å²) in [6.07, 6.45) is 8.93. The molecule has 0 aromatic rings. The number of ketones is 1. The summed E-state index contributed by atoms with van der Waals surface area (Å²) in [5.74, 6) is 0.124. The van der Waals surface area contributed by atoms with Crippen LogP contribution in [0.4, 0.5) is 0 Å². The Balaban J connectivity index is 2.69. The van der Waals surface area contributed by atoms with Gasteiger partial charge in [0.15, 0.2) is 5.78 Å². The molecule has 2 N–H and O–H groups in total. The first kappa shape index (κ1) is 11.4. The van der Waals surface area contributed by atoms with Crippen molar-refractivity contribution in [3.8, 4) is 0 Å². The molecule has 0 bridgehead atoms.